The highest BCUT2D eigenvalue weighted by Gasteiger charge is 2.20. The van der Waals surface area contributed by atoms with Crippen molar-refractivity contribution >= 4 is 11.6 Å². The molecular weight excluding hydrogens is 252 g/mol. The molecular formula is C11H12N4O4. The summed E-state index contributed by atoms with van der Waals surface area (Å²) in [6.07, 6.45) is 1.72. The SMILES string of the molecule is O=C(O)c1nnc2cc(C3CCOCC3)[nH]n2c1=O. The Hall–Kier alpha value is -2.22. The fraction of sp³-hybridized carbons (Fsp3) is 0.455. The quantitative estimate of drug-likeness (QED) is 0.790. The number of hydrogen-bond acceptors (Lipinski definition) is 5. The van der Waals surface area contributed by atoms with Gasteiger partial charge < -0.3 is 9.84 Å². The van der Waals surface area contributed by atoms with Gasteiger partial charge in [0.1, 0.15) is 0 Å². The first-order valence-electron chi connectivity index (χ1n) is 5.96. The average molecular weight is 264 g/mol. The van der Waals surface area contributed by atoms with Crippen LogP contribution in [0.25, 0.3) is 5.65 Å². The Bertz CT molecular complexity index is 684. The summed E-state index contributed by atoms with van der Waals surface area (Å²) in [7, 11) is 0. The molecule has 0 bridgehead atoms. The Kier molecular flexibility index (Phi) is 2.79. The molecule has 1 saturated heterocycles. The Morgan fingerprint density at radius 2 is 2.16 bits per heavy atom. The molecule has 3 heterocycles. The largest absolute Gasteiger partial charge is 0.476 e. The van der Waals surface area contributed by atoms with Crippen LogP contribution in [0.15, 0.2) is 10.9 Å². The Morgan fingerprint density at radius 3 is 2.84 bits per heavy atom. The smallest absolute Gasteiger partial charge is 0.362 e. The Balaban J connectivity index is 2.08. The highest BCUT2D eigenvalue weighted by molar-refractivity contribution is 5.84. The predicted octanol–water partition coefficient (Wildman–Crippen LogP) is 0.00980. The van der Waals surface area contributed by atoms with E-state index >= 15 is 0 Å². The number of nitrogens with zero attached hydrogens (tertiary/aromatic N) is 3. The lowest BCUT2D eigenvalue weighted by molar-refractivity contribution is 0.0686. The van der Waals surface area contributed by atoms with Gasteiger partial charge in [0.05, 0.1) is 0 Å². The molecule has 2 aromatic rings. The number of carboxylic acid groups (broad SMARTS) is 1. The molecule has 0 saturated carbocycles. The topological polar surface area (TPSA) is 110 Å². The number of aromatic carboxylic acids is 1. The number of aromatic amines is 1. The first-order valence-corrected chi connectivity index (χ1v) is 5.96. The van der Waals surface area contributed by atoms with Gasteiger partial charge in [0.25, 0.3) is 0 Å². The molecule has 0 unspecified atom stereocenters. The maximum Gasteiger partial charge on any atom is 0.362 e. The summed E-state index contributed by atoms with van der Waals surface area (Å²) >= 11 is 0. The van der Waals surface area contributed by atoms with Crippen LogP contribution in [-0.2, 0) is 4.74 Å². The number of ether oxygens (including phenoxy) is 1. The van der Waals surface area contributed by atoms with Crippen molar-refractivity contribution in [2.75, 3.05) is 13.2 Å². The van der Waals surface area contributed by atoms with Crippen molar-refractivity contribution < 1.29 is 14.6 Å². The minimum Gasteiger partial charge on any atom is -0.476 e. The van der Waals surface area contributed by atoms with E-state index < -0.39 is 17.2 Å². The third-order valence-corrected chi connectivity index (χ3v) is 3.28. The molecule has 0 aromatic carbocycles. The summed E-state index contributed by atoms with van der Waals surface area (Å²) in [6, 6.07) is 1.73. The van der Waals surface area contributed by atoms with E-state index in [0.717, 1.165) is 23.1 Å². The van der Waals surface area contributed by atoms with Crippen LogP contribution in [0.5, 0.6) is 0 Å². The van der Waals surface area contributed by atoms with E-state index in [4.69, 9.17) is 9.84 Å². The van der Waals surface area contributed by atoms with Gasteiger partial charge in [0.2, 0.25) is 5.69 Å². The molecule has 0 radical (unpaired) electrons. The molecule has 8 nitrogen and oxygen atoms in total. The highest BCUT2D eigenvalue weighted by atomic mass is 16.5. The van der Waals surface area contributed by atoms with Crippen molar-refractivity contribution in [3.8, 4) is 0 Å². The van der Waals surface area contributed by atoms with Gasteiger partial charge in [-0.1, -0.05) is 0 Å². The number of carbonyl (C=O) groups is 1. The van der Waals surface area contributed by atoms with Crippen molar-refractivity contribution in [1.82, 2.24) is 19.8 Å². The third-order valence-electron chi connectivity index (χ3n) is 3.28. The third kappa shape index (κ3) is 1.99. The summed E-state index contributed by atoms with van der Waals surface area (Å²) < 4.78 is 6.41. The van der Waals surface area contributed by atoms with Crippen LogP contribution in [-0.4, -0.2) is 44.1 Å². The number of nitrogens with one attached hydrogen (secondary N) is 1. The summed E-state index contributed by atoms with van der Waals surface area (Å²) in [5, 5.41) is 18.9. The highest BCUT2D eigenvalue weighted by Crippen LogP contribution is 2.25. The Labute approximate surface area is 107 Å². The van der Waals surface area contributed by atoms with E-state index in [-0.39, 0.29) is 5.92 Å². The average Bonchev–Trinajstić information content (AvgIpc) is 2.85. The van der Waals surface area contributed by atoms with Gasteiger partial charge in [0.15, 0.2) is 5.65 Å². The van der Waals surface area contributed by atoms with E-state index in [0.29, 0.717) is 18.9 Å². The maximum atomic E-state index is 11.9. The normalized spacial score (nSPS) is 16.8. The van der Waals surface area contributed by atoms with E-state index in [9.17, 15) is 9.59 Å². The molecule has 3 rings (SSSR count). The molecule has 19 heavy (non-hydrogen) atoms. The maximum absolute atomic E-state index is 11.9. The number of H-pyrrole nitrogens is 1. The molecule has 0 atom stereocenters. The molecule has 100 valence electrons. The first-order chi connectivity index (χ1) is 9.16. The lowest BCUT2D eigenvalue weighted by Crippen LogP contribution is -2.25. The van der Waals surface area contributed by atoms with Gasteiger partial charge >= 0.3 is 11.5 Å². The van der Waals surface area contributed by atoms with Gasteiger partial charge in [-0.05, 0) is 12.8 Å². The van der Waals surface area contributed by atoms with Gasteiger partial charge in [-0.15, -0.1) is 10.2 Å². The van der Waals surface area contributed by atoms with Gasteiger partial charge in [-0.25, -0.2) is 4.79 Å². The van der Waals surface area contributed by atoms with Crippen LogP contribution in [0.4, 0.5) is 0 Å². The van der Waals surface area contributed by atoms with Crippen molar-refractivity contribution in [1.29, 1.82) is 0 Å². The zero-order valence-electron chi connectivity index (χ0n) is 10.00. The van der Waals surface area contributed by atoms with E-state index in [2.05, 4.69) is 15.3 Å². The molecule has 8 heteroatoms. The summed E-state index contributed by atoms with van der Waals surface area (Å²) in [4.78, 5) is 22.7. The van der Waals surface area contributed by atoms with Gasteiger partial charge in [-0.3, -0.25) is 9.89 Å². The minimum absolute atomic E-state index is 0.267. The second kappa shape index (κ2) is 4.47. The van der Waals surface area contributed by atoms with Crippen LogP contribution in [0.2, 0.25) is 0 Å². The van der Waals surface area contributed by atoms with Gasteiger partial charge in [0, 0.05) is 30.9 Å². The number of rotatable bonds is 2. The lowest BCUT2D eigenvalue weighted by Gasteiger charge is -2.20. The van der Waals surface area contributed by atoms with Crippen LogP contribution < -0.4 is 5.56 Å². The summed E-state index contributed by atoms with van der Waals surface area (Å²) in [6.45, 7) is 1.36. The van der Waals surface area contributed by atoms with Gasteiger partial charge in [-0.2, -0.15) is 4.52 Å². The van der Waals surface area contributed by atoms with E-state index in [1.807, 2.05) is 0 Å². The van der Waals surface area contributed by atoms with Crippen molar-refractivity contribution in [3.63, 3.8) is 0 Å². The summed E-state index contributed by atoms with van der Waals surface area (Å²) in [5.41, 5.74) is -0.0950. The molecule has 2 aromatic heterocycles. The number of carboxylic acids is 1. The molecule has 0 spiro atoms. The predicted molar refractivity (Wildman–Crippen MR) is 63.4 cm³/mol. The van der Waals surface area contributed by atoms with Crippen molar-refractivity contribution in [2.45, 2.75) is 18.8 Å². The molecule has 0 amide bonds. The van der Waals surface area contributed by atoms with E-state index in [1.54, 1.807) is 6.07 Å². The first kappa shape index (κ1) is 11.8. The molecule has 1 aliphatic heterocycles. The molecule has 0 aliphatic carbocycles. The van der Waals surface area contributed by atoms with E-state index in [1.165, 1.54) is 0 Å². The molecule has 1 aliphatic rings. The number of hydrogen-bond donors (Lipinski definition) is 2. The second-order valence-electron chi connectivity index (χ2n) is 4.45. The van der Waals surface area contributed by atoms with Crippen LogP contribution >= 0.6 is 0 Å². The molecule has 1 fully saturated rings. The van der Waals surface area contributed by atoms with Crippen molar-refractivity contribution in [3.05, 3.63) is 27.8 Å². The summed E-state index contributed by atoms with van der Waals surface area (Å²) in [5.74, 6) is -1.11. The monoisotopic (exact) mass is 264 g/mol. The molecule has 2 N–H and O–H groups in total. The standard InChI is InChI=1S/C11H12N4O4/c16-10-9(11(17)18)13-12-8-5-7(14-15(8)10)6-1-3-19-4-2-6/h5-6,14H,1-4H2,(H,17,18). The Morgan fingerprint density at radius 1 is 1.42 bits per heavy atom. The zero-order valence-corrected chi connectivity index (χ0v) is 10.00. The number of aromatic nitrogens is 4. The van der Waals surface area contributed by atoms with Crippen LogP contribution in [0, 0.1) is 0 Å². The zero-order chi connectivity index (χ0) is 13.4. The number of fused-ring (bicyclic) bond motifs is 1. The fourth-order valence-corrected chi connectivity index (χ4v) is 2.25. The lowest BCUT2D eigenvalue weighted by atomic mass is 9.97. The van der Waals surface area contributed by atoms with Crippen molar-refractivity contribution in [2.24, 2.45) is 0 Å². The fourth-order valence-electron chi connectivity index (χ4n) is 2.25. The van der Waals surface area contributed by atoms with Crippen LogP contribution in [0.3, 0.4) is 0 Å². The second-order valence-corrected chi connectivity index (χ2v) is 4.45. The minimum atomic E-state index is -1.38. The van der Waals surface area contributed by atoms with Crippen LogP contribution in [0.1, 0.15) is 34.9 Å².